The number of pyridine rings is 2. The quantitative estimate of drug-likeness (QED) is 0.244. The number of nitrogen functional groups attached to an aromatic ring is 4. The van der Waals surface area contributed by atoms with E-state index in [4.69, 9.17) is 22.9 Å². The van der Waals surface area contributed by atoms with Crippen molar-refractivity contribution in [2.24, 2.45) is 20.5 Å². The lowest BCUT2D eigenvalue weighted by molar-refractivity contribution is 1.21. The van der Waals surface area contributed by atoms with Crippen LogP contribution >= 0.6 is 24.8 Å². The molecule has 0 aliphatic rings. The molecule has 0 aliphatic heterocycles. The first-order chi connectivity index (χ1) is 15.5. The van der Waals surface area contributed by atoms with Gasteiger partial charge in [0.1, 0.15) is 23.0 Å². The molecule has 176 valence electrons. The second-order valence-electron chi connectivity index (χ2n) is 6.35. The Morgan fingerprint density at radius 3 is 1.12 bits per heavy atom. The minimum Gasteiger partial charge on any atom is -0.384 e. The summed E-state index contributed by atoms with van der Waals surface area (Å²) in [7, 11) is 0. The van der Waals surface area contributed by atoms with Crippen molar-refractivity contribution in [2.45, 2.75) is 0 Å². The van der Waals surface area contributed by atoms with Gasteiger partial charge in [-0.05, 0) is 48.5 Å². The largest absolute Gasteiger partial charge is 0.384 e. The zero-order chi connectivity index (χ0) is 22.8. The van der Waals surface area contributed by atoms with Gasteiger partial charge in [-0.2, -0.15) is 10.2 Å². The summed E-state index contributed by atoms with van der Waals surface area (Å²) in [5.74, 6) is 1.30. The molecular weight excluding hydrogens is 475 g/mol. The molecule has 2 aromatic carbocycles. The predicted molar refractivity (Wildman–Crippen MR) is 142 cm³/mol. The van der Waals surface area contributed by atoms with Gasteiger partial charge in [-0.25, -0.2) is 9.97 Å². The van der Waals surface area contributed by atoms with Crippen molar-refractivity contribution in [1.29, 1.82) is 0 Å². The second kappa shape index (κ2) is 14.0. The highest BCUT2D eigenvalue weighted by Crippen LogP contribution is 2.24. The SMILES string of the molecule is Cl.Cl.Nc1ccc(/N=N/c2ccccc2)c(N)n1.Nc1ccc(/N=N/c2ccccc2)c(N)n1. The van der Waals surface area contributed by atoms with Crippen LogP contribution in [0.1, 0.15) is 0 Å². The standard InChI is InChI=1S/2C11H11N5.2ClH/c2*12-10-7-6-9(11(13)14-10)16-15-8-4-2-1-3-5-8;;/h2*1-7H,(H4,12,13,14);2*1H/b2*16-15+;;. The molecule has 8 N–H and O–H groups in total. The summed E-state index contributed by atoms with van der Waals surface area (Å²) in [6.07, 6.45) is 0. The van der Waals surface area contributed by atoms with Crippen LogP contribution in [0, 0.1) is 0 Å². The first-order valence-corrected chi connectivity index (χ1v) is 9.49. The number of azo groups is 2. The minimum absolute atomic E-state index is 0. The van der Waals surface area contributed by atoms with E-state index in [0.717, 1.165) is 11.4 Å². The second-order valence-corrected chi connectivity index (χ2v) is 6.35. The summed E-state index contributed by atoms with van der Waals surface area (Å²) in [4.78, 5) is 7.78. The van der Waals surface area contributed by atoms with Crippen LogP contribution in [0.4, 0.5) is 46.0 Å². The Hall–Kier alpha value is -4.28. The number of rotatable bonds is 4. The number of halogens is 2. The van der Waals surface area contributed by atoms with E-state index in [9.17, 15) is 0 Å². The van der Waals surface area contributed by atoms with Gasteiger partial charge in [0, 0.05) is 0 Å². The summed E-state index contributed by atoms with van der Waals surface area (Å²) in [5, 5.41) is 16.1. The van der Waals surface area contributed by atoms with Gasteiger partial charge in [0.25, 0.3) is 0 Å². The molecule has 4 aromatic rings. The van der Waals surface area contributed by atoms with Gasteiger partial charge < -0.3 is 22.9 Å². The Morgan fingerprint density at radius 2 is 0.794 bits per heavy atom. The van der Waals surface area contributed by atoms with Crippen molar-refractivity contribution in [3.8, 4) is 0 Å². The number of aromatic nitrogens is 2. The highest BCUT2D eigenvalue weighted by Gasteiger charge is 2.00. The lowest BCUT2D eigenvalue weighted by Gasteiger charge is -1.98. The molecule has 0 atom stereocenters. The van der Waals surface area contributed by atoms with Gasteiger partial charge in [0.2, 0.25) is 0 Å². The highest BCUT2D eigenvalue weighted by molar-refractivity contribution is 5.85. The van der Waals surface area contributed by atoms with E-state index in [0.29, 0.717) is 23.0 Å². The van der Waals surface area contributed by atoms with Crippen LogP contribution in [-0.2, 0) is 0 Å². The van der Waals surface area contributed by atoms with Crippen molar-refractivity contribution < 1.29 is 0 Å². The van der Waals surface area contributed by atoms with E-state index in [1.54, 1.807) is 24.3 Å². The fourth-order valence-corrected chi connectivity index (χ4v) is 2.35. The Bertz CT molecular complexity index is 1120. The maximum Gasteiger partial charge on any atom is 0.153 e. The van der Waals surface area contributed by atoms with Gasteiger partial charge in [-0.1, -0.05) is 36.4 Å². The molecule has 0 spiro atoms. The minimum atomic E-state index is 0. The van der Waals surface area contributed by atoms with E-state index in [1.165, 1.54) is 0 Å². The maximum atomic E-state index is 5.64. The first kappa shape index (κ1) is 27.8. The maximum absolute atomic E-state index is 5.64. The van der Waals surface area contributed by atoms with Crippen molar-refractivity contribution in [2.75, 3.05) is 22.9 Å². The molecule has 0 radical (unpaired) electrons. The Balaban J connectivity index is 0.000000321. The molecule has 0 bridgehead atoms. The normalized spacial score (nSPS) is 10.1. The molecule has 0 fully saturated rings. The van der Waals surface area contributed by atoms with E-state index >= 15 is 0 Å². The van der Waals surface area contributed by atoms with Crippen LogP contribution in [0.2, 0.25) is 0 Å². The summed E-state index contributed by atoms with van der Waals surface area (Å²) in [6, 6.07) is 25.4. The number of anilines is 4. The Morgan fingerprint density at radius 1 is 0.441 bits per heavy atom. The smallest absolute Gasteiger partial charge is 0.153 e. The van der Waals surface area contributed by atoms with Crippen LogP contribution in [0.25, 0.3) is 0 Å². The molecule has 0 saturated carbocycles. The molecule has 0 saturated heterocycles. The lowest BCUT2D eigenvalue weighted by Crippen LogP contribution is -1.95. The van der Waals surface area contributed by atoms with Gasteiger partial charge >= 0.3 is 0 Å². The van der Waals surface area contributed by atoms with Gasteiger partial charge in [-0.15, -0.1) is 35.0 Å². The highest BCUT2D eigenvalue weighted by atomic mass is 35.5. The predicted octanol–water partition coefficient (Wildman–Crippen LogP) is 6.17. The fraction of sp³-hybridized carbons (Fsp3) is 0. The first-order valence-electron chi connectivity index (χ1n) is 9.49. The van der Waals surface area contributed by atoms with Gasteiger partial charge in [-0.3, -0.25) is 0 Å². The van der Waals surface area contributed by atoms with Crippen LogP contribution < -0.4 is 22.9 Å². The average molecular weight is 499 g/mol. The third-order valence-electron chi connectivity index (χ3n) is 3.91. The van der Waals surface area contributed by atoms with Crippen molar-refractivity contribution in [3.63, 3.8) is 0 Å². The number of nitrogens with zero attached hydrogens (tertiary/aromatic N) is 6. The summed E-state index contributed by atoms with van der Waals surface area (Å²) in [5.41, 5.74) is 24.8. The molecular formula is C22H24Cl2N10. The summed E-state index contributed by atoms with van der Waals surface area (Å²) >= 11 is 0. The topological polar surface area (TPSA) is 179 Å². The molecule has 2 aromatic heterocycles. The summed E-state index contributed by atoms with van der Waals surface area (Å²) < 4.78 is 0. The van der Waals surface area contributed by atoms with Crippen LogP contribution in [0.3, 0.4) is 0 Å². The zero-order valence-electron chi connectivity index (χ0n) is 17.9. The molecule has 4 rings (SSSR count). The molecule has 34 heavy (non-hydrogen) atoms. The third kappa shape index (κ3) is 8.69. The fourth-order valence-electron chi connectivity index (χ4n) is 2.35. The summed E-state index contributed by atoms with van der Waals surface area (Å²) in [6.45, 7) is 0. The van der Waals surface area contributed by atoms with Crippen LogP contribution in [-0.4, -0.2) is 9.97 Å². The van der Waals surface area contributed by atoms with Crippen molar-refractivity contribution in [3.05, 3.63) is 84.9 Å². The van der Waals surface area contributed by atoms with Crippen molar-refractivity contribution >= 4 is 70.8 Å². The molecule has 0 unspecified atom stereocenters. The monoisotopic (exact) mass is 498 g/mol. The number of benzene rings is 2. The Labute approximate surface area is 209 Å². The van der Waals surface area contributed by atoms with Gasteiger partial charge in [0.15, 0.2) is 11.6 Å². The van der Waals surface area contributed by atoms with E-state index < -0.39 is 0 Å². The molecule has 0 amide bonds. The molecule has 2 heterocycles. The van der Waals surface area contributed by atoms with E-state index in [-0.39, 0.29) is 36.4 Å². The third-order valence-corrected chi connectivity index (χ3v) is 3.91. The van der Waals surface area contributed by atoms with Gasteiger partial charge in [0.05, 0.1) is 11.4 Å². The van der Waals surface area contributed by atoms with E-state index in [2.05, 4.69) is 30.4 Å². The van der Waals surface area contributed by atoms with E-state index in [1.807, 2.05) is 60.7 Å². The average Bonchev–Trinajstić information content (AvgIpc) is 2.80. The molecule has 10 nitrogen and oxygen atoms in total. The molecule has 0 aliphatic carbocycles. The van der Waals surface area contributed by atoms with Crippen molar-refractivity contribution in [1.82, 2.24) is 9.97 Å². The number of nitrogens with two attached hydrogens (primary N) is 4. The van der Waals surface area contributed by atoms with Crippen LogP contribution in [0.5, 0.6) is 0 Å². The van der Waals surface area contributed by atoms with Crippen LogP contribution in [0.15, 0.2) is 105 Å². The number of hydrogen-bond donors (Lipinski definition) is 4. The number of hydrogen-bond acceptors (Lipinski definition) is 10. The zero-order valence-corrected chi connectivity index (χ0v) is 19.5. The lowest BCUT2D eigenvalue weighted by atomic mass is 10.3. The Kier molecular flexibility index (Phi) is 11.4. The molecule has 12 heteroatoms.